The van der Waals surface area contributed by atoms with Crippen molar-refractivity contribution >= 4 is 145 Å². The van der Waals surface area contributed by atoms with Crippen molar-refractivity contribution in [3.05, 3.63) is 323 Å². The Morgan fingerprint density at radius 1 is 0.326 bits per heavy atom. The molecule has 20 heteroatoms. The Hall–Kier alpha value is -14.4. The number of hydrogen-bond donors (Lipinski definition) is 0. The molecule has 4 aliphatic rings. The predicted octanol–water partition coefficient (Wildman–Crippen LogP) is 27.1. The van der Waals surface area contributed by atoms with Crippen LogP contribution in [0, 0.1) is 55.4 Å². The highest BCUT2D eigenvalue weighted by molar-refractivity contribution is 6.11. The number of aryl methyl sites for hydroxylation is 11. The summed E-state index contributed by atoms with van der Waals surface area (Å²) in [5.41, 5.74) is 25.2. The van der Waals surface area contributed by atoms with Gasteiger partial charge in [0.1, 0.15) is 87.3 Å². The Morgan fingerprint density at radius 3 is 1.17 bits per heavy atom. The molecule has 132 heavy (non-hydrogen) atoms. The highest BCUT2D eigenvalue weighted by Gasteiger charge is 2.48. The molecule has 0 bridgehead atoms. The molecule has 0 radical (unpaired) electrons. The van der Waals surface area contributed by atoms with Crippen LogP contribution in [0.2, 0.25) is 0 Å². The molecule has 0 aliphatic carbocycles. The lowest BCUT2D eigenvalue weighted by Gasteiger charge is -2.43. The molecule has 0 saturated carbocycles. The largest absolute Gasteiger partial charge is 0.456 e. The van der Waals surface area contributed by atoms with E-state index in [0.717, 1.165) is 89.6 Å². The van der Waals surface area contributed by atoms with E-state index in [0.29, 0.717) is 11.4 Å². The highest BCUT2D eigenvalue weighted by atomic mass is 16.3. The molecule has 4 aliphatic heterocycles. The quantitative estimate of drug-likeness (QED) is 0.114. The van der Waals surface area contributed by atoms with E-state index >= 15 is 0 Å². The van der Waals surface area contributed by atoms with Gasteiger partial charge in [-0.05, 0) is 292 Å². The maximum absolute atomic E-state index is 6.31. The van der Waals surface area contributed by atoms with Crippen molar-refractivity contribution < 1.29 is 17.7 Å². The molecule has 23 rings (SSSR count). The molecule has 14 heterocycles. The second-order valence-electron chi connectivity index (χ2n) is 38.6. The van der Waals surface area contributed by atoms with Crippen molar-refractivity contribution in [3.63, 3.8) is 0 Å². The molecule has 670 valence electrons. The van der Waals surface area contributed by atoms with Gasteiger partial charge in [-0.3, -0.25) is 4.68 Å². The lowest BCUT2D eigenvalue weighted by Crippen LogP contribution is -2.49. The smallest absolute Gasteiger partial charge is 0.227 e. The molecule has 0 spiro atoms. The molecule has 20 nitrogen and oxygen atoms in total. The number of hydrogen-bond acceptors (Lipinski definition) is 16. The minimum absolute atomic E-state index is 0.100. The zero-order chi connectivity index (χ0) is 92.5. The summed E-state index contributed by atoms with van der Waals surface area (Å²) >= 11 is 0. The molecule has 0 saturated heterocycles. The SMILES string of the molecule is Cc1ccc2c(n1)oc1ccc(C)c(C(C)(C)N3C=CN(c4cc(C)nn4C)[C@H]3C)c12.Cc1ccc2c(n1)oc1ccc(C)c(C(C)(C)N3C=CN(c4cnc(C)n4C)[C@H]3C)c12.Cc1ccc2oc3ccccc3c2c1C(C)(C)N1c2ccccc2N(c2cc3ccccc3n2C)[C@H]1C.Cc1ccc2oc3ccccc3c2c1C(C)(C)N1c2ccccc2N(c2cccn2C)[C@H]1C. The summed E-state index contributed by atoms with van der Waals surface area (Å²) in [6.07, 6.45) is 13.2. The zero-order valence-corrected chi connectivity index (χ0v) is 80.3. The monoisotopic (exact) mass is 1750 g/mol. The Morgan fingerprint density at radius 2 is 0.735 bits per heavy atom. The second kappa shape index (κ2) is 31.7. The number of anilines is 8. The Balaban J connectivity index is 0.000000110. The number of fused-ring (bicyclic) bond motifs is 15. The predicted molar refractivity (Wildman–Crippen MR) is 542 cm³/mol. The fourth-order valence-electron chi connectivity index (χ4n) is 23.0. The van der Waals surface area contributed by atoms with Crippen LogP contribution in [0.5, 0.6) is 0 Å². The fourth-order valence-corrected chi connectivity index (χ4v) is 23.0. The summed E-state index contributed by atoms with van der Waals surface area (Å²) < 4.78 is 33.5. The molecule has 0 N–H and O–H groups in total. The van der Waals surface area contributed by atoms with Gasteiger partial charge in [0, 0.05) is 131 Å². The minimum atomic E-state index is -0.314. The molecule has 19 aromatic rings. The maximum Gasteiger partial charge on any atom is 0.227 e. The Bertz CT molecular complexity index is 7670. The third kappa shape index (κ3) is 13.5. The van der Waals surface area contributed by atoms with E-state index in [4.69, 9.17) is 17.7 Å². The van der Waals surface area contributed by atoms with E-state index in [1.54, 1.807) is 0 Å². The van der Waals surface area contributed by atoms with Crippen LogP contribution in [0.25, 0.3) is 98.9 Å². The summed E-state index contributed by atoms with van der Waals surface area (Å²) in [4.78, 5) is 33.2. The number of pyridine rings is 2. The van der Waals surface area contributed by atoms with Crippen molar-refractivity contribution in [1.29, 1.82) is 0 Å². The van der Waals surface area contributed by atoms with Crippen LogP contribution in [0.4, 0.5) is 46.0 Å². The number of benzene rings is 9. The number of imidazole rings is 1. The first-order valence-electron chi connectivity index (χ1n) is 46.1. The molecule has 10 aromatic heterocycles. The van der Waals surface area contributed by atoms with Gasteiger partial charge in [-0.25, -0.2) is 15.0 Å². The summed E-state index contributed by atoms with van der Waals surface area (Å²) in [7, 11) is 8.34. The normalized spacial score (nSPS) is 16.5. The number of aromatic nitrogens is 8. The number of furan rings is 4. The van der Waals surface area contributed by atoms with E-state index in [-0.39, 0.29) is 46.8 Å². The van der Waals surface area contributed by atoms with Crippen molar-refractivity contribution in [1.82, 2.24) is 48.2 Å². The standard InChI is InChI=1S/C33H31N3O.C29H29N3O.2C25H29N5O/c1-21-18-19-29-31(24-13-7-11-17-28(24)37-29)32(21)33(3,4)36-22(2)35(26-15-9-10-16-27(26)36)30-20-23-12-6-8-14-25(23)34(30)5;1-19-16-17-25-27(21-11-6-9-14-24(21)33-25)28(19)29(3,4)32-20(2)31(26-15-10-18-30(26)5)22-12-7-8-13-23(22)32;1-15-8-11-20-22(19-10-9-16(2)27-24(19)31-20)23(15)25(5,6)30-13-12-29(18(30)4)21-14-26-17(3)28(21)7;1-15-8-11-20-22(19-10-9-16(2)26-24(19)31-20)23(15)25(5,6)30-13-12-29(18(30)4)21-14-17(3)27-28(21)7/h6-20,22H,1-5H3;6-18,20H,1-5H3;2*8-14,18H,1-7H3/t22-;20-;2*18-/m1111/s1. The number of nitrogens with zero attached hydrogens (tertiary/aromatic N) is 16. The molecule has 0 fully saturated rings. The average molecular weight is 1750 g/mol. The third-order valence-corrected chi connectivity index (χ3v) is 28.9. The second-order valence-corrected chi connectivity index (χ2v) is 38.6. The van der Waals surface area contributed by atoms with Crippen LogP contribution >= 0.6 is 0 Å². The summed E-state index contributed by atoms with van der Waals surface area (Å²) in [5.74, 6) is 5.56. The van der Waals surface area contributed by atoms with Gasteiger partial charge in [0.2, 0.25) is 11.4 Å². The lowest BCUT2D eigenvalue weighted by molar-refractivity contribution is 0.153. The van der Waals surface area contributed by atoms with Gasteiger partial charge in [0.25, 0.3) is 0 Å². The van der Waals surface area contributed by atoms with Gasteiger partial charge in [-0.2, -0.15) is 5.10 Å². The fraction of sp³-hybridized carbons (Fsp3) is 0.286. The highest BCUT2D eigenvalue weighted by Crippen LogP contribution is 2.56. The van der Waals surface area contributed by atoms with Crippen LogP contribution in [0.3, 0.4) is 0 Å². The number of para-hydroxylation sites is 7. The van der Waals surface area contributed by atoms with Crippen LogP contribution in [0.1, 0.15) is 150 Å². The van der Waals surface area contributed by atoms with Crippen molar-refractivity contribution in [2.24, 2.45) is 28.2 Å². The summed E-state index contributed by atoms with van der Waals surface area (Å²) in [5, 5.41) is 15.0. The lowest BCUT2D eigenvalue weighted by atomic mass is 9.84. The van der Waals surface area contributed by atoms with Crippen molar-refractivity contribution in [3.8, 4) is 0 Å². The van der Waals surface area contributed by atoms with Crippen LogP contribution in [0.15, 0.2) is 273 Å². The van der Waals surface area contributed by atoms with Crippen LogP contribution in [-0.2, 0) is 50.3 Å². The van der Waals surface area contributed by atoms with Gasteiger partial charge >= 0.3 is 0 Å². The zero-order valence-electron chi connectivity index (χ0n) is 80.3. The molecule has 0 unspecified atom stereocenters. The topological polar surface area (TPSA) is 150 Å². The van der Waals surface area contributed by atoms with Gasteiger partial charge in [0.05, 0.1) is 56.8 Å². The Kier molecular flexibility index (Phi) is 20.6. The minimum Gasteiger partial charge on any atom is -0.456 e. The summed E-state index contributed by atoms with van der Waals surface area (Å²) in [6.45, 7) is 44.5. The molecule has 9 aromatic carbocycles. The molecular formula is C112H118N16O4. The van der Waals surface area contributed by atoms with Crippen molar-refractivity contribution in [2.75, 3.05) is 29.4 Å². The molecule has 0 amide bonds. The average Bonchev–Trinajstić information content (AvgIpc) is 1.60. The van der Waals surface area contributed by atoms with Crippen LogP contribution < -0.4 is 29.4 Å². The molecule has 4 atom stereocenters. The first-order chi connectivity index (χ1) is 63.1. The maximum atomic E-state index is 6.31. The van der Waals surface area contributed by atoms with E-state index in [1.165, 1.54) is 111 Å². The third-order valence-electron chi connectivity index (χ3n) is 28.9. The van der Waals surface area contributed by atoms with E-state index < -0.39 is 0 Å². The van der Waals surface area contributed by atoms with Gasteiger partial charge in [-0.1, -0.05) is 103 Å². The first-order valence-corrected chi connectivity index (χ1v) is 46.1. The van der Waals surface area contributed by atoms with Gasteiger partial charge in [-0.15, -0.1) is 0 Å². The van der Waals surface area contributed by atoms with Gasteiger partial charge < -0.3 is 70.6 Å². The van der Waals surface area contributed by atoms with E-state index in [9.17, 15) is 0 Å². The molecular weight excluding hydrogens is 1630 g/mol. The van der Waals surface area contributed by atoms with E-state index in [1.807, 2.05) is 57.8 Å². The first kappa shape index (κ1) is 85.7. The van der Waals surface area contributed by atoms with Gasteiger partial charge in [0.15, 0.2) is 0 Å². The van der Waals surface area contributed by atoms with Crippen LogP contribution in [-0.4, -0.2) is 72.9 Å². The summed E-state index contributed by atoms with van der Waals surface area (Å²) in [6, 6.07) is 77.2. The van der Waals surface area contributed by atoms with E-state index in [2.05, 4.69) is 442 Å². The number of rotatable bonds is 12. The Labute approximate surface area is 772 Å². The van der Waals surface area contributed by atoms with Crippen molar-refractivity contribution in [2.45, 2.75) is 185 Å².